The molecule has 1 atom stereocenters. The van der Waals surface area contributed by atoms with E-state index >= 15 is 0 Å². The van der Waals surface area contributed by atoms with Gasteiger partial charge in [-0.3, -0.25) is 19.3 Å². The predicted molar refractivity (Wildman–Crippen MR) is 130 cm³/mol. The molecule has 1 N–H and O–H groups in total. The van der Waals surface area contributed by atoms with Crippen LogP contribution in [-0.2, 0) is 23.9 Å². The second-order valence-corrected chi connectivity index (χ2v) is 8.00. The van der Waals surface area contributed by atoms with E-state index in [4.69, 9.17) is 28.6 Å². The van der Waals surface area contributed by atoms with E-state index in [1.54, 1.807) is 43.3 Å². The number of halogens is 1. The average molecular weight is 504 g/mol. The molecule has 11 heteroatoms. The highest BCUT2D eigenvalue weighted by Crippen LogP contribution is 2.28. The van der Waals surface area contributed by atoms with Crippen molar-refractivity contribution in [2.45, 2.75) is 19.4 Å². The second-order valence-electron chi connectivity index (χ2n) is 7.20. The van der Waals surface area contributed by atoms with Gasteiger partial charge in [0, 0.05) is 10.7 Å². The second kappa shape index (κ2) is 11.1. The molecule has 0 bridgehead atoms. The minimum atomic E-state index is -1.01. The summed E-state index contributed by atoms with van der Waals surface area (Å²) in [5.41, 5.74) is 1.22. The third-order valence-corrected chi connectivity index (χ3v) is 5.65. The van der Waals surface area contributed by atoms with Gasteiger partial charge in [-0.2, -0.15) is 0 Å². The van der Waals surface area contributed by atoms with E-state index in [1.807, 2.05) is 0 Å². The summed E-state index contributed by atoms with van der Waals surface area (Å²) in [5, 5.41) is 3.25. The summed E-state index contributed by atoms with van der Waals surface area (Å²) in [7, 11) is 1.27. The third kappa shape index (κ3) is 5.70. The molecule has 1 aliphatic rings. The minimum absolute atomic E-state index is 0.0839. The van der Waals surface area contributed by atoms with Crippen LogP contribution in [0.5, 0.6) is 0 Å². The summed E-state index contributed by atoms with van der Waals surface area (Å²) in [5.74, 6) is -1.99. The van der Waals surface area contributed by atoms with E-state index in [2.05, 4.69) is 10.1 Å². The fourth-order valence-corrected chi connectivity index (χ4v) is 3.90. The van der Waals surface area contributed by atoms with Gasteiger partial charge < -0.3 is 19.7 Å². The molecule has 0 spiro atoms. The SMILES string of the molecule is CCOC(=O)CN1C(=S)N(c2ccc(Cl)cc2)C(=O)C1CC(=O)Nc1ccc(C(=O)OC)cc1. The molecule has 0 aliphatic carbocycles. The predicted octanol–water partition coefficient (Wildman–Crippen LogP) is 3.02. The van der Waals surface area contributed by atoms with Crippen LogP contribution in [0, 0.1) is 0 Å². The lowest BCUT2D eigenvalue weighted by molar-refractivity contribution is -0.144. The minimum Gasteiger partial charge on any atom is -0.465 e. The maximum Gasteiger partial charge on any atom is 0.337 e. The number of nitrogens with one attached hydrogen (secondary N) is 1. The molecule has 178 valence electrons. The summed E-state index contributed by atoms with van der Waals surface area (Å²) in [6.45, 7) is 1.55. The fraction of sp³-hybridized carbons (Fsp3) is 0.261. The molecule has 0 saturated carbocycles. The summed E-state index contributed by atoms with van der Waals surface area (Å²) in [4.78, 5) is 52.4. The number of hydrogen-bond acceptors (Lipinski definition) is 7. The average Bonchev–Trinajstić information content (AvgIpc) is 3.03. The number of ether oxygens (including phenoxy) is 2. The zero-order chi connectivity index (χ0) is 24.8. The molecule has 1 unspecified atom stereocenters. The van der Waals surface area contributed by atoms with Crippen LogP contribution in [0.4, 0.5) is 11.4 Å². The molecule has 9 nitrogen and oxygen atoms in total. The Hall–Kier alpha value is -3.50. The van der Waals surface area contributed by atoms with Crippen LogP contribution in [0.15, 0.2) is 48.5 Å². The van der Waals surface area contributed by atoms with E-state index in [-0.39, 0.29) is 24.7 Å². The van der Waals surface area contributed by atoms with Crippen LogP contribution in [0.1, 0.15) is 23.7 Å². The van der Waals surface area contributed by atoms with Crippen LogP contribution >= 0.6 is 23.8 Å². The van der Waals surface area contributed by atoms with Crippen molar-refractivity contribution in [3.63, 3.8) is 0 Å². The topological polar surface area (TPSA) is 105 Å². The lowest BCUT2D eigenvalue weighted by Gasteiger charge is -2.22. The van der Waals surface area contributed by atoms with Crippen molar-refractivity contribution in [1.29, 1.82) is 0 Å². The van der Waals surface area contributed by atoms with Crippen LogP contribution in [0.3, 0.4) is 0 Å². The summed E-state index contributed by atoms with van der Waals surface area (Å²) < 4.78 is 9.66. The molecule has 2 aromatic rings. The van der Waals surface area contributed by atoms with Gasteiger partial charge >= 0.3 is 11.9 Å². The van der Waals surface area contributed by atoms with Crippen molar-refractivity contribution in [3.05, 3.63) is 59.1 Å². The van der Waals surface area contributed by atoms with Gasteiger partial charge in [0.15, 0.2) is 5.11 Å². The molecule has 2 aromatic carbocycles. The smallest absolute Gasteiger partial charge is 0.337 e. The van der Waals surface area contributed by atoms with E-state index in [1.165, 1.54) is 29.0 Å². The highest BCUT2D eigenvalue weighted by molar-refractivity contribution is 7.80. The van der Waals surface area contributed by atoms with Crippen LogP contribution in [-0.4, -0.2) is 60.1 Å². The molecule has 3 rings (SSSR count). The number of thiocarbonyl (C=S) groups is 1. The molecular formula is C23H22ClN3O6S. The van der Waals surface area contributed by atoms with Crippen molar-refractivity contribution < 1.29 is 28.7 Å². The Kier molecular flexibility index (Phi) is 8.19. The normalized spacial score (nSPS) is 15.3. The molecule has 0 aromatic heterocycles. The number of methoxy groups -OCH3 is 1. The van der Waals surface area contributed by atoms with Crippen LogP contribution < -0.4 is 10.2 Å². The van der Waals surface area contributed by atoms with E-state index in [9.17, 15) is 19.2 Å². The number of rotatable bonds is 8. The number of carbonyl (C=O) groups is 4. The maximum atomic E-state index is 13.3. The molecular weight excluding hydrogens is 482 g/mol. The largest absolute Gasteiger partial charge is 0.465 e. The highest BCUT2D eigenvalue weighted by Gasteiger charge is 2.45. The lowest BCUT2D eigenvalue weighted by atomic mass is 10.1. The van der Waals surface area contributed by atoms with Gasteiger partial charge in [-0.25, -0.2) is 4.79 Å². The zero-order valence-electron chi connectivity index (χ0n) is 18.4. The van der Waals surface area contributed by atoms with Gasteiger partial charge in [0.25, 0.3) is 5.91 Å². The quantitative estimate of drug-likeness (QED) is 0.433. The van der Waals surface area contributed by atoms with Gasteiger partial charge in [0.1, 0.15) is 12.6 Å². The Bertz CT molecular complexity index is 1110. The number of anilines is 2. The Balaban J connectivity index is 1.79. The summed E-state index contributed by atoms with van der Waals surface area (Å²) in [6, 6.07) is 11.6. The Labute approximate surface area is 206 Å². The zero-order valence-corrected chi connectivity index (χ0v) is 20.0. The summed E-state index contributed by atoms with van der Waals surface area (Å²) in [6.07, 6.45) is -0.263. The third-order valence-electron chi connectivity index (χ3n) is 4.98. The van der Waals surface area contributed by atoms with E-state index in [0.717, 1.165) is 0 Å². The molecule has 2 amide bonds. The number of carbonyl (C=O) groups excluding carboxylic acids is 4. The fourth-order valence-electron chi connectivity index (χ4n) is 3.38. The first-order valence-electron chi connectivity index (χ1n) is 10.3. The first-order chi connectivity index (χ1) is 16.2. The molecule has 1 heterocycles. The first kappa shape index (κ1) is 25.1. The van der Waals surface area contributed by atoms with Gasteiger partial charge in [-0.15, -0.1) is 0 Å². The van der Waals surface area contributed by atoms with Crippen molar-refractivity contribution in [2.24, 2.45) is 0 Å². The molecule has 1 saturated heterocycles. The van der Waals surface area contributed by atoms with Crippen LogP contribution in [0.2, 0.25) is 5.02 Å². The number of benzene rings is 2. The molecule has 0 radical (unpaired) electrons. The lowest BCUT2D eigenvalue weighted by Crippen LogP contribution is -2.41. The first-order valence-corrected chi connectivity index (χ1v) is 11.1. The maximum absolute atomic E-state index is 13.3. The van der Waals surface area contributed by atoms with Gasteiger partial charge in [-0.05, 0) is 67.7 Å². The van der Waals surface area contributed by atoms with Crippen molar-refractivity contribution in [2.75, 3.05) is 30.5 Å². The van der Waals surface area contributed by atoms with Crippen molar-refractivity contribution in [3.8, 4) is 0 Å². The number of hydrogen-bond donors (Lipinski definition) is 1. The van der Waals surface area contributed by atoms with E-state index in [0.29, 0.717) is 22.0 Å². The molecule has 1 aliphatic heterocycles. The number of nitrogens with zero attached hydrogens (tertiary/aromatic N) is 2. The van der Waals surface area contributed by atoms with Crippen molar-refractivity contribution in [1.82, 2.24) is 4.90 Å². The molecule has 1 fully saturated rings. The van der Waals surface area contributed by atoms with Crippen LogP contribution in [0.25, 0.3) is 0 Å². The summed E-state index contributed by atoms with van der Waals surface area (Å²) >= 11 is 11.4. The van der Waals surface area contributed by atoms with Gasteiger partial charge in [0.2, 0.25) is 5.91 Å². The van der Waals surface area contributed by atoms with Gasteiger partial charge in [-0.1, -0.05) is 11.6 Å². The monoisotopic (exact) mass is 503 g/mol. The highest BCUT2D eigenvalue weighted by atomic mass is 35.5. The van der Waals surface area contributed by atoms with Gasteiger partial charge in [0.05, 0.1) is 31.4 Å². The van der Waals surface area contributed by atoms with Crippen molar-refractivity contribution >= 4 is 64.1 Å². The standard InChI is InChI=1S/C23H22ClN3O6S/c1-3-33-20(29)13-26-18(21(30)27(23(26)34)17-10-6-15(24)7-11-17)12-19(28)25-16-8-4-14(5-9-16)22(31)32-2/h4-11,18H,3,12-13H2,1-2H3,(H,25,28). The molecule has 34 heavy (non-hydrogen) atoms. The number of esters is 2. The number of amides is 2. The Morgan fingerprint density at radius 3 is 2.32 bits per heavy atom. The Morgan fingerprint density at radius 2 is 1.74 bits per heavy atom. The van der Waals surface area contributed by atoms with E-state index < -0.39 is 29.8 Å². The Morgan fingerprint density at radius 1 is 1.09 bits per heavy atom.